The Balaban J connectivity index is 2.10. The lowest BCUT2D eigenvalue weighted by atomic mass is 10.2. The summed E-state index contributed by atoms with van der Waals surface area (Å²) >= 11 is 0. The van der Waals surface area contributed by atoms with Crippen molar-refractivity contribution in [1.82, 2.24) is 5.32 Å². The van der Waals surface area contributed by atoms with Gasteiger partial charge in [-0.25, -0.2) is 0 Å². The minimum atomic E-state index is -0.345. The molecule has 4 heteroatoms. The number of anilines is 1. The number of amides is 1. The summed E-state index contributed by atoms with van der Waals surface area (Å²) < 4.78 is 5.88. The van der Waals surface area contributed by atoms with E-state index in [2.05, 4.69) is 10.6 Å². The topological polar surface area (TPSA) is 50.4 Å². The van der Waals surface area contributed by atoms with Gasteiger partial charge in [-0.05, 0) is 45.0 Å². The predicted octanol–water partition coefficient (Wildman–Crippen LogP) is 3.80. The normalized spacial score (nSPS) is 11.8. The molecule has 2 rings (SSSR count). The molecule has 0 bridgehead atoms. The van der Waals surface area contributed by atoms with Crippen molar-refractivity contribution >= 4 is 11.6 Å². The monoisotopic (exact) mass is 298 g/mol. The highest BCUT2D eigenvalue weighted by molar-refractivity contribution is 5.84. The zero-order valence-electron chi connectivity index (χ0n) is 13.2. The molecule has 2 aromatic rings. The van der Waals surface area contributed by atoms with Gasteiger partial charge in [0.05, 0.1) is 5.69 Å². The van der Waals surface area contributed by atoms with E-state index in [9.17, 15) is 4.79 Å². The van der Waals surface area contributed by atoms with Crippen molar-refractivity contribution in [3.63, 3.8) is 0 Å². The third-order valence-corrected chi connectivity index (χ3v) is 3.05. The first kappa shape index (κ1) is 15.9. The van der Waals surface area contributed by atoms with E-state index in [1.54, 1.807) is 0 Å². The second-order valence-electron chi connectivity index (χ2n) is 5.44. The fraction of sp³-hybridized carbons (Fsp3) is 0.278. The lowest BCUT2D eigenvalue weighted by Gasteiger charge is -2.19. The number of nitrogens with one attached hydrogen (secondary N) is 2. The number of hydrogen-bond donors (Lipinski definition) is 2. The Morgan fingerprint density at radius 1 is 0.955 bits per heavy atom. The highest BCUT2D eigenvalue weighted by atomic mass is 16.5. The maximum atomic E-state index is 12.0. The van der Waals surface area contributed by atoms with Gasteiger partial charge < -0.3 is 15.4 Å². The molecule has 1 amide bonds. The number of carbonyl (C=O) groups excluding carboxylic acids is 1. The molecular weight excluding hydrogens is 276 g/mol. The SMILES string of the molecule is CC(C)NC(=O)[C@@H](C)Nc1ccccc1Oc1ccccc1. The summed E-state index contributed by atoms with van der Waals surface area (Å²) in [5.74, 6) is 1.42. The highest BCUT2D eigenvalue weighted by Gasteiger charge is 2.15. The molecule has 4 nitrogen and oxygen atoms in total. The molecule has 0 aromatic heterocycles. The number of ether oxygens (including phenoxy) is 1. The summed E-state index contributed by atoms with van der Waals surface area (Å²) in [6, 6.07) is 16.9. The minimum Gasteiger partial charge on any atom is -0.455 e. The largest absolute Gasteiger partial charge is 0.455 e. The Kier molecular flexibility index (Phi) is 5.42. The van der Waals surface area contributed by atoms with Gasteiger partial charge in [0.25, 0.3) is 0 Å². The standard InChI is InChI=1S/C18H22N2O2/c1-13(2)19-18(21)14(3)20-16-11-7-8-12-17(16)22-15-9-5-4-6-10-15/h4-14,20H,1-3H3,(H,19,21)/t14-/m1/s1. The van der Waals surface area contributed by atoms with Crippen LogP contribution in [0, 0.1) is 0 Å². The van der Waals surface area contributed by atoms with Crippen LogP contribution in [-0.2, 0) is 4.79 Å². The molecule has 0 unspecified atom stereocenters. The maximum absolute atomic E-state index is 12.0. The molecule has 0 aliphatic carbocycles. The minimum absolute atomic E-state index is 0.0375. The Morgan fingerprint density at radius 3 is 2.27 bits per heavy atom. The van der Waals surface area contributed by atoms with Gasteiger partial charge in [-0.3, -0.25) is 4.79 Å². The van der Waals surface area contributed by atoms with Crippen LogP contribution in [0.4, 0.5) is 5.69 Å². The highest BCUT2D eigenvalue weighted by Crippen LogP contribution is 2.29. The van der Waals surface area contributed by atoms with E-state index in [0.717, 1.165) is 11.4 Å². The van der Waals surface area contributed by atoms with Gasteiger partial charge in [0.15, 0.2) is 5.75 Å². The van der Waals surface area contributed by atoms with E-state index in [4.69, 9.17) is 4.74 Å². The van der Waals surface area contributed by atoms with E-state index in [-0.39, 0.29) is 18.0 Å². The van der Waals surface area contributed by atoms with Crippen molar-refractivity contribution in [3.8, 4) is 11.5 Å². The zero-order valence-corrected chi connectivity index (χ0v) is 13.2. The van der Waals surface area contributed by atoms with Crippen LogP contribution in [0.1, 0.15) is 20.8 Å². The van der Waals surface area contributed by atoms with Crippen LogP contribution in [0.15, 0.2) is 54.6 Å². The molecule has 2 aromatic carbocycles. The zero-order chi connectivity index (χ0) is 15.9. The summed E-state index contributed by atoms with van der Waals surface area (Å²) in [5.41, 5.74) is 0.790. The predicted molar refractivity (Wildman–Crippen MR) is 89.3 cm³/mol. The van der Waals surface area contributed by atoms with E-state index in [1.165, 1.54) is 0 Å². The molecule has 0 saturated heterocycles. The Morgan fingerprint density at radius 2 is 1.59 bits per heavy atom. The van der Waals surface area contributed by atoms with Crippen LogP contribution in [-0.4, -0.2) is 18.0 Å². The summed E-state index contributed by atoms with van der Waals surface area (Å²) in [5, 5.41) is 6.09. The fourth-order valence-electron chi connectivity index (χ4n) is 2.00. The van der Waals surface area contributed by atoms with Crippen molar-refractivity contribution < 1.29 is 9.53 Å². The van der Waals surface area contributed by atoms with E-state index >= 15 is 0 Å². The second-order valence-corrected chi connectivity index (χ2v) is 5.44. The molecule has 0 saturated carbocycles. The summed E-state index contributed by atoms with van der Waals surface area (Å²) in [6.07, 6.45) is 0. The van der Waals surface area contributed by atoms with Crippen LogP contribution in [0.5, 0.6) is 11.5 Å². The van der Waals surface area contributed by atoms with Gasteiger partial charge in [0.2, 0.25) is 5.91 Å². The lowest BCUT2D eigenvalue weighted by Crippen LogP contribution is -2.41. The van der Waals surface area contributed by atoms with Gasteiger partial charge >= 0.3 is 0 Å². The van der Waals surface area contributed by atoms with E-state index < -0.39 is 0 Å². The number of benzene rings is 2. The van der Waals surface area contributed by atoms with Crippen LogP contribution < -0.4 is 15.4 Å². The third-order valence-electron chi connectivity index (χ3n) is 3.05. The first-order valence-electron chi connectivity index (χ1n) is 7.45. The van der Waals surface area contributed by atoms with E-state index in [0.29, 0.717) is 5.75 Å². The lowest BCUT2D eigenvalue weighted by molar-refractivity contribution is -0.122. The fourth-order valence-corrected chi connectivity index (χ4v) is 2.00. The average Bonchev–Trinajstić information content (AvgIpc) is 2.49. The quantitative estimate of drug-likeness (QED) is 0.852. The number of para-hydroxylation sites is 3. The number of carbonyl (C=O) groups is 1. The van der Waals surface area contributed by atoms with Gasteiger partial charge in [-0.15, -0.1) is 0 Å². The first-order chi connectivity index (χ1) is 10.6. The third kappa shape index (κ3) is 4.52. The average molecular weight is 298 g/mol. The molecule has 0 fully saturated rings. The molecule has 0 aliphatic rings. The number of rotatable bonds is 6. The Labute approximate surface area is 131 Å². The van der Waals surface area contributed by atoms with Gasteiger partial charge in [0, 0.05) is 6.04 Å². The smallest absolute Gasteiger partial charge is 0.242 e. The Hall–Kier alpha value is -2.49. The molecule has 0 radical (unpaired) electrons. The van der Waals surface area contributed by atoms with Crippen molar-refractivity contribution in [1.29, 1.82) is 0 Å². The van der Waals surface area contributed by atoms with Crippen molar-refractivity contribution in [2.45, 2.75) is 32.9 Å². The van der Waals surface area contributed by atoms with Crippen LogP contribution in [0.2, 0.25) is 0 Å². The van der Waals surface area contributed by atoms with Crippen LogP contribution >= 0.6 is 0 Å². The summed E-state index contributed by atoms with van der Waals surface area (Å²) in [6.45, 7) is 5.71. The van der Waals surface area contributed by atoms with Gasteiger partial charge in [0.1, 0.15) is 11.8 Å². The van der Waals surface area contributed by atoms with Gasteiger partial charge in [-0.1, -0.05) is 30.3 Å². The molecule has 0 aliphatic heterocycles. The summed E-state index contributed by atoms with van der Waals surface area (Å²) in [7, 11) is 0. The van der Waals surface area contributed by atoms with Crippen molar-refractivity contribution in [3.05, 3.63) is 54.6 Å². The van der Waals surface area contributed by atoms with Crippen LogP contribution in [0.25, 0.3) is 0 Å². The summed E-state index contributed by atoms with van der Waals surface area (Å²) in [4.78, 5) is 12.0. The number of hydrogen-bond acceptors (Lipinski definition) is 3. The first-order valence-corrected chi connectivity index (χ1v) is 7.45. The van der Waals surface area contributed by atoms with Crippen molar-refractivity contribution in [2.75, 3.05) is 5.32 Å². The molecule has 116 valence electrons. The molecular formula is C18H22N2O2. The van der Waals surface area contributed by atoms with Gasteiger partial charge in [-0.2, -0.15) is 0 Å². The molecule has 0 spiro atoms. The maximum Gasteiger partial charge on any atom is 0.242 e. The molecule has 1 atom stereocenters. The molecule has 0 heterocycles. The second kappa shape index (κ2) is 7.50. The molecule has 2 N–H and O–H groups in total. The van der Waals surface area contributed by atoms with Crippen molar-refractivity contribution in [2.24, 2.45) is 0 Å². The molecule has 22 heavy (non-hydrogen) atoms. The Bertz CT molecular complexity index is 611. The van der Waals surface area contributed by atoms with Crippen LogP contribution in [0.3, 0.4) is 0 Å². The van der Waals surface area contributed by atoms with E-state index in [1.807, 2.05) is 75.4 Å².